The summed E-state index contributed by atoms with van der Waals surface area (Å²) in [5.41, 5.74) is 5.34. The molecule has 0 bridgehead atoms. The van der Waals surface area contributed by atoms with Crippen LogP contribution in [-0.2, 0) is 9.59 Å². The van der Waals surface area contributed by atoms with Crippen LogP contribution in [0.1, 0.15) is 5.56 Å². The largest absolute Gasteiger partial charge is 0.484 e. The van der Waals surface area contributed by atoms with Crippen molar-refractivity contribution in [2.45, 2.75) is 6.92 Å². The first kappa shape index (κ1) is 17.6. The van der Waals surface area contributed by atoms with E-state index in [2.05, 4.69) is 10.9 Å². The summed E-state index contributed by atoms with van der Waals surface area (Å²) >= 11 is 5.91. The molecular formula is C17H17ClN2O4. The smallest absolute Gasteiger partial charge is 0.276 e. The molecular weight excluding hydrogens is 332 g/mol. The van der Waals surface area contributed by atoms with Gasteiger partial charge in [0.1, 0.15) is 11.5 Å². The van der Waals surface area contributed by atoms with Crippen molar-refractivity contribution in [1.82, 2.24) is 10.9 Å². The molecule has 6 nitrogen and oxygen atoms in total. The molecule has 126 valence electrons. The highest BCUT2D eigenvalue weighted by molar-refractivity contribution is 6.31. The molecule has 24 heavy (non-hydrogen) atoms. The quantitative estimate of drug-likeness (QED) is 0.785. The number of benzene rings is 2. The van der Waals surface area contributed by atoms with E-state index in [1.54, 1.807) is 42.5 Å². The Morgan fingerprint density at radius 2 is 1.50 bits per heavy atom. The first-order valence-electron chi connectivity index (χ1n) is 7.19. The fraction of sp³-hybridized carbons (Fsp3) is 0.176. The third kappa shape index (κ3) is 5.81. The molecule has 0 atom stereocenters. The Morgan fingerprint density at radius 1 is 0.917 bits per heavy atom. The number of hydrogen-bond donors (Lipinski definition) is 2. The third-order valence-corrected chi connectivity index (χ3v) is 3.38. The number of carbonyl (C=O) groups excluding carboxylic acids is 2. The summed E-state index contributed by atoms with van der Waals surface area (Å²) in [6, 6.07) is 14.0. The SMILES string of the molecule is Cc1cc(OCC(=O)NNC(=O)COc2ccccc2)ccc1Cl. The number of hydrogen-bond acceptors (Lipinski definition) is 4. The first-order chi connectivity index (χ1) is 11.5. The van der Waals surface area contributed by atoms with Gasteiger partial charge in [-0.05, 0) is 42.8 Å². The molecule has 0 unspecified atom stereocenters. The summed E-state index contributed by atoms with van der Waals surface area (Å²) < 4.78 is 10.6. The lowest BCUT2D eigenvalue weighted by molar-refractivity contribution is -0.131. The lowest BCUT2D eigenvalue weighted by Gasteiger charge is -2.10. The van der Waals surface area contributed by atoms with Gasteiger partial charge in [-0.1, -0.05) is 29.8 Å². The van der Waals surface area contributed by atoms with E-state index in [-0.39, 0.29) is 13.2 Å². The summed E-state index contributed by atoms with van der Waals surface area (Å²) in [7, 11) is 0. The van der Waals surface area contributed by atoms with E-state index in [4.69, 9.17) is 21.1 Å². The molecule has 0 radical (unpaired) electrons. The van der Waals surface area contributed by atoms with Gasteiger partial charge in [0, 0.05) is 5.02 Å². The predicted molar refractivity (Wildman–Crippen MR) is 89.9 cm³/mol. The summed E-state index contributed by atoms with van der Waals surface area (Å²) in [4.78, 5) is 23.2. The molecule has 0 saturated heterocycles. The zero-order valence-corrected chi connectivity index (χ0v) is 13.8. The fourth-order valence-corrected chi connectivity index (χ4v) is 1.85. The van der Waals surface area contributed by atoms with Gasteiger partial charge >= 0.3 is 0 Å². The Hall–Kier alpha value is -2.73. The number of rotatable bonds is 6. The average molecular weight is 349 g/mol. The number of ether oxygens (including phenoxy) is 2. The van der Waals surface area contributed by atoms with Crippen LogP contribution < -0.4 is 20.3 Å². The van der Waals surface area contributed by atoms with Gasteiger partial charge in [-0.3, -0.25) is 20.4 Å². The van der Waals surface area contributed by atoms with E-state index in [9.17, 15) is 9.59 Å². The molecule has 2 N–H and O–H groups in total. The first-order valence-corrected chi connectivity index (χ1v) is 7.57. The molecule has 0 heterocycles. The van der Waals surface area contributed by atoms with Crippen LogP contribution in [0.15, 0.2) is 48.5 Å². The van der Waals surface area contributed by atoms with Crippen molar-refractivity contribution in [3.8, 4) is 11.5 Å². The maximum Gasteiger partial charge on any atom is 0.276 e. The summed E-state index contributed by atoms with van der Waals surface area (Å²) in [5, 5.41) is 0.623. The Bertz CT molecular complexity index is 707. The normalized spacial score (nSPS) is 9.92. The number of nitrogens with one attached hydrogen (secondary N) is 2. The lowest BCUT2D eigenvalue weighted by atomic mass is 10.2. The van der Waals surface area contributed by atoms with Gasteiger partial charge in [0.15, 0.2) is 13.2 Å². The Morgan fingerprint density at radius 3 is 2.08 bits per heavy atom. The van der Waals surface area contributed by atoms with Crippen LogP contribution in [0.3, 0.4) is 0 Å². The zero-order chi connectivity index (χ0) is 17.4. The van der Waals surface area contributed by atoms with Crippen LogP contribution in [0.4, 0.5) is 0 Å². The monoisotopic (exact) mass is 348 g/mol. The Labute approximate surface area is 144 Å². The van der Waals surface area contributed by atoms with Gasteiger partial charge in [0.2, 0.25) is 0 Å². The zero-order valence-electron chi connectivity index (χ0n) is 13.0. The summed E-state index contributed by atoms with van der Waals surface area (Å²) in [6.07, 6.45) is 0. The van der Waals surface area contributed by atoms with Crippen LogP contribution in [0.25, 0.3) is 0 Å². The average Bonchev–Trinajstić information content (AvgIpc) is 2.60. The second-order valence-corrected chi connectivity index (χ2v) is 5.30. The number of halogens is 1. The van der Waals surface area contributed by atoms with Gasteiger partial charge in [0.25, 0.3) is 11.8 Å². The number of aryl methyl sites for hydroxylation is 1. The Balaban J connectivity index is 1.67. The molecule has 0 aliphatic carbocycles. The van der Waals surface area contributed by atoms with Crippen molar-refractivity contribution in [2.75, 3.05) is 13.2 Å². The predicted octanol–water partition coefficient (Wildman–Crippen LogP) is 2.25. The highest BCUT2D eigenvalue weighted by Gasteiger charge is 2.07. The maximum atomic E-state index is 11.6. The standard InChI is InChI=1S/C17H17ClN2O4/c1-12-9-14(7-8-15(12)18)24-11-17(22)20-19-16(21)10-23-13-5-3-2-4-6-13/h2-9H,10-11H2,1H3,(H,19,21)(H,20,22). The molecule has 0 aliphatic heterocycles. The van der Waals surface area contributed by atoms with E-state index in [0.29, 0.717) is 16.5 Å². The minimum absolute atomic E-state index is 0.207. The van der Waals surface area contributed by atoms with Crippen LogP contribution in [0, 0.1) is 6.92 Å². The van der Waals surface area contributed by atoms with Gasteiger partial charge in [-0.15, -0.1) is 0 Å². The number of carbonyl (C=O) groups is 2. The lowest BCUT2D eigenvalue weighted by Crippen LogP contribution is -2.45. The Kier molecular flexibility index (Phi) is 6.45. The van der Waals surface area contributed by atoms with Gasteiger partial charge < -0.3 is 9.47 Å². The van der Waals surface area contributed by atoms with Crippen molar-refractivity contribution in [2.24, 2.45) is 0 Å². The molecule has 2 aromatic rings. The summed E-state index contributed by atoms with van der Waals surface area (Å²) in [6.45, 7) is 1.39. The molecule has 2 rings (SSSR count). The summed E-state index contributed by atoms with van der Waals surface area (Å²) in [5.74, 6) is 0.122. The topological polar surface area (TPSA) is 76.7 Å². The van der Waals surface area contributed by atoms with E-state index >= 15 is 0 Å². The minimum atomic E-state index is -0.490. The fourth-order valence-electron chi connectivity index (χ4n) is 1.73. The number of para-hydroxylation sites is 1. The van der Waals surface area contributed by atoms with Gasteiger partial charge in [-0.25, -0.2) is 0 Å². The number of amides is 2. The van der Waals surface area contributed by atoms with Crippen molar-refractivity contribution < 1.29 is 19.1 Å². The number of hydrazine groups is 1. The van der Waals surface area contributed by atoms with E-state index in [1.807, 2.05) is 13.0 Å². The second kappa shape index (κ2) is 8.79. The van der Waals surface area contributed by atoms with Crippen LogP contribution >= 0.6 is 11.6 Å². The van der Waals surface area contributed by atoms with Gasteiger partial charge in [-0.2, -0.15) is 0 Å². The highest BCUT2D eigenvalue weighted by atomic mass is 35.5. The second-order valence-electron chi connectivity index (χ2n) is 4.90. The molecule has 0 spiro atoms. The maximum absolute atomic E-state index is 11.6. The van der Waals surface area contributed by atoms with Crippen molar-refractivity contribution in [1.29, 1.82) is 0 Å². The minimum Gasteiger partial charge on any atom is -0.484 e. The molecule has 0 saturated carbocycles. The van der Waals surface area contributed by atoms with E-state index in [1.165, 1.54) is 0 Å². The molecule has 2 amide bonds. The third-order valence-electron chi connectivity index (χ3n) is 2.95. The molecule has 0 aromatic heterocycles. The van der Waals surface area contributed by atoms with Crippen molar-refractivity contribution >= 4 is 23.4 Å². The van der Waals surface area contributed by atoms with Gasteiger partial charge in [0.05, 0.1) is 0 Å². The molecule has 0 fully saturated rings. The van der Waals surface area contributed by atoms with Crippen molar-refractivity contribution in [3.05, 3.63) is 59.1 Å². The van der Waals surface area contributed by atoms with E-state index < -0.39 is 11.8 Å². The highest BCUT2D eigenvalue weighted by Crippen LogP contribution is 2.20. The molecule has 2 aromatic carbocycles. The molecule has 0 aliphatic rings. The van der Waals surface area contributed by atoms with E-state index in [0.717, 1.165) is 5.56 Å². The van der Waals surface area contributed by atoms with Crippen molar-refractivity contribution in [3.63, 3.8) is 0 Å². The van der Waals surface area contributed by atoms with Crippen LogP contribution in [0.2, 0.25) is 5.02 Å². The molecule has 7 heteroatoms. The van der Waals surface area contributed by atoms with Crippen LogP contribution in [-0.4, -0.2) is 25.0 Å². The van der Waals surface area contributed by atoms with Crippen LogP contribution in [0.5, 0.6) is 11.5 Å².